The van der Waals surface area contributed by atoms with Gasteiger partial charge in [0.05, 0.1) is 0 Å². The summed E-state index contributed by atoms with van der Waals surface area (Å²) in [6.45, 7) is 0.641. The summed E-state index contributed by atoms with van der Waals surface area (Å²) in [5.41, 5.74) is 8.23. The van der Waals surface area contributed by atoms with Crippen molar-refractivity contribution in [3.63, 3.8) is 0 Å². The number of hydrogen-bond acceptors (Lipinski definition) is 2. The summed E-state index contributed by atoms with van der Waals surface area (Å²) in [6.07, 6.45) is 8.77. The molecule has 0 amide bonds. The van der Waals surface area contributed by atoms with Crippen LogP contribution in [0.4, 0.5) is 0 Å². The highest BCUT2D eigenvalue weighted by Gasteiger charge is 2.17. The minimum atomic E-state index is 0.641. The monoisotopic (exact) mass is 255 g/mol. The quantitative estimate of drug-likeness (QED) is 0.885. The van der Waals surface area contributed by atoms with Gasteiger partial charge in [0.2, 0.25) is 0 Å². The topological polar surface area (TPSA) is 39.2 Å². The summed E-state index contributed by atoms with van der Waals surface area (Å²) in [5.74, 6) is 1.60. The second kappa shape index (κ2) is 5.62. The molecule has 1 aromatic carbocycles. The van der Waals surface area contributed by atoms with E-state index in [2.05, 4.69) is 18.2 Å². The fourth-order valence-electron chi connectivity index (χ4n) is 3.07. The minimum absolute atomic E-state index is 0.641. The van der Waals surface area contributed by atoms with Crippen LogP contribution in [0.15, 0.2) is 40.3 Å². The Morgan fingerprint density at radius 1 is 1.21 bits per heavy atom. The Kier molecular flexibility index (Phi) is 3.69. The summed E-state index contributed by atoms with van der Waals surface area (Å²) >= 11 is 0. The Morgan fingerprint density at radius 2 is 2.00 bits per heavy atom. The van der Waals surface area contributed by atoms with Crippen LogP contribution in [0.2, 0.25) is 0 Å². The Hall–Kier alpha value is -1.54. The maximum atomic E-state index is 5.94. The first-order chi connectivity index (χ1) is 9.36. The number of hydrogen-bond donors (Lipinski definition) is 1. The van der Waals surface area contributed by atoms with Crippen molar-refractivity contribution in [3.8, 4) is 0 Å². The second-order valence-electron chi connectivity index (χ2n) is 5.44. The summed E-state index contributed by atoms with van der Waals surface area (Å²) in [7, 11) is 0. The second-order valence-corrected chi connectivity index (χ2v) is 5.44. The van der Waals surface area contributed by atoms with E-state index in [0.717, 1.165) is 16.7 Å². The number of benzene rings is 1. The maximum absolute atomic E-state index is 5.94. The number of furan rings is 1. The Balaban J connectivity index is 1.88. The van der Waals surface area contributed by atoms with Crippen LogP contribution in [-0.4, -0.2) is 6.54 Å². The predicted octanol–water partition coefficient (Wildman–Crippen LogP) is 4.36. The normalized spacial score (nSPS) is 18.1. The van der Waals surface area contributed by atoms with Gasteiger partial charge in [0.1, 0.15) is 11.3 Å². The molecule has 2 heteroatoms. The van der Waals surface area contributed by atoms with E-state index < -0.39 is 0 Å². The van der Waals surface area contributed by atoms with E-state index in [0.29, 0.717) is 12.5 Å². The van der Waals surface area contributed by atoms with Crippen molar-refractivity contribution in [2.75, 3.05) is 6.54 Å². The molecule has 0 radical (unpaired) electrons. The fraction of sp³-hybridized carbons (Fsp3) is 0.412. The molecule has 0 aliphatic heterocycles. The van der Waals surface area contributed by atoms with Crippen LogP contribution in [0.25, 0.3) is 17.0 Å². The highest BCUT2D eigenvalue weighted by molar-refractivity contribution is 5.79. The molecule has 0 spiro atoms. The lowest BCUT2D eigenvalue weighted by atomic mass is 9.83. The fourth-order valence-corrected chi connectivity index (χ4v) is 3.07. The zero-order valence-electron chi connectivity index (χ0n) is 11.3. The van der Waals surface area contributed by atoms with Gasteiger partial charge < -0.3 is 10.2 Å². The van der Waals surface area contributed by atoms with E-state index in [4.69, 9.17) is 10.2 Å². The van der Waals surface area contributed by atoms with Crippen molar-refractivity contribution >= 4 is 17.0 Å². The summed E-state index contributed by atoms with van der Waals surface area (Å²) in [4.78, 5) is 0. The molecule has 1 aliphatic rings. The minimum Gasteiger partial charge on any atom is -0.457 e. The molecular formula is C17H21NO. The van der Waals surface area contributed by atoms with Crippen molar-refractivity contribution in [1.82, 2.24) is 0 Å². The Labute approximate surface area is 114 Å². The van der Waals surface area contributed by atoms with Crippen molar-refractivity contribution < 1.29 is 4.42 Å². The van der Waals surface area contributed by atoms with E-state index in [-0.39, 0.29) is 0 Å². The lowest BCUT2D eigenvalue weighted by Gasteiger charge is -2.23. The molecule has 2 aromatic rings. The molecule has 1 aliphatic carbocycles. The van der Waals surface area contributed by atoms with Gasteiger partial charge in [0.25, 0.3) is 0 Å². The SMILES string of the molecule is NCC(=Cc1cc2ccccc2o1)C1CCCCC1. The van der Waals surface area contributed by atoms with E-state index in [1.807, 2.05) is 18.2 Å². The van der Waals surface area contributed by atoms with Crippen LogP contribution in [0.1, 0.15) is 37.9 Å². The highest BCUT2D eigenvalue weighted by Crippen LogP contribution is 2.31. The third-order valence-corrected chi connectivity index (χ3v) is 4.14. The molecule has 2 nitrogen and oxygen atoms in total. The van der Waals surface area contributed by atoms with Crippen molar-refractivity contribution in [1.29, 1.82) is 0 Å². The first-order valence-corrected chi connectivity index (χ1v) is 7.26. The number of para-hydroxylation sites is 1. The van der Waals surface area contributed by atoms with Gasteiger partial charge in [-0.25, -0.2) is 0 Å². The van der Waals surface area contributed by atoms with Gasteiger partial charge in [-0.15, -0.1) is 0 Å². The maximum Gasteiger partial charge on any atom is 0.134 e. The average molecular weight is 255 g/mol. The molecule has 19 heavy (non-hydrogen) atoms. The number of nitrogens with two attached hydrogens (primary N) is 1. The zero-order chi connectivity index (χ0) is 13.1. The van der Waals surface area contributed by atoms with Crippen molar-refractivity contribution in [2.45, 2.75) is 32.1 Å². The standard InChI is InChI=1S/C17H21NO/c18-12-15(13-6-2-1-3-7-13)11-16-10-14-8-4-5-9-17(14)19-16/h4-5,8-11,13H,1-3,6-7,12,18H2. The third-order valence-electron chi connectivity index (χ3n) is 4.14. The van der Waals surface area contributed by atoms with Gasteiger partial charge in [-0.05, 0) is 42.5 Å². The van der Waals surface area contributed by atoms with E-state index in [1.54, 1.807) is 0 Å². The van der Waals surface area contributed by atoms with Crippen molar-refractivity contribution in [2.24, 2.45) is 11.7 Å². The van der Waals surface area contributed by atoms with Crippen molar-refractivity contribution in [3.05, 3.63) is 41.7 Å². The van der Waals surface area contributed by atoms with Crippen LogP contribution in [0.3, 0.4) is 0 Å². The van der Waals surface area contributed by atoms with E-state index >= 15 is 0 Å². The summed E-state index contributed by atoms with van der Waals surface area (Å²) in [6, 6.07) is 10.2. The van der Waals surface area contributed by atoms with Gasteiger partial charge in [0.15, 0.2) is 0 Å². The summed E-state index contributed by atoms with van der Waals surface area (Å²) < 4.78 is 5.86. The predicted molar refractivity (Wildman–Crippen MR) is 79.8 cm³/mol. The summed E-state index contributed by atoms with van der Waals surface area (Å²) in [5, 5.41) is 1.16. The molecule has 0 unspecified atom stereocenters. The van der Waals surface area contributed by atoms with Gasteiger partial charge in [-0.2, -0.15) is 0 Å². The van der Waals surface area contributed by atoms with Crippen LogP contribution >= 0.6 is 0 Å². The van der Waals surface area contributed by atoms with E-state index in [9.17, 15) is 0 Å². The Bertz CT molecular complexity index is 543. The van der Waals surface area contributed by atoms with E-state index in [1.165, 1.54) is 37.7 Å². The molecule has 2 N–H and O–H groups in total. The number of fused-ring (bicyclic) bond motifs is 1. The molecule has 100 valence electrons. The average Bonchev–Trinajstić information content (AvgIpc) is 2.88. The molecular weight excluding hydrogens is 234 g/mol. The first-order valence-electron chi connectivity index (χ1n) is 7.26. The molecule has 3 rings (SSSR count). The third kappa shape index (κ3) is 2.74. The smallest absolute Gasteiger partial charge is 0.134 e. The molecule has 0 saturated heterocycles. The zero-order valence-corrected chi connectivity index (χ0v) is 11.3. The van der Waals surface area contributed by atoms with Crippen LogP contribution in [-0.2, 0) is 0 Å². The van der Waals surface area contributed by atoms with Gasteiger partial charge in [-0.3, -0.25) is 0 Å². The van der Waals surface area contributed by atoms with Crippen LogP contribution in [0.5, 0.6) is 0 Å². The highest BCUT2D eigenvalue weighted by atomic mass is 16.3. The number of rotatable bonds is 3. The largest absolute Gasteiger partial charge is 0.457 e. The van der Waals surface area contributed by atoms with Gasteiger partial charge >= 0.3 is 0 Å². The molecule has 1 heterocycles. The van der Waals surface area contributed by atoms with Crippen LogP contribution < -0.4 is 5.73 Å². The van der Waals surface area contributed by atoms with Gasteiger partial charge in [-0.1, -0.05) is 37.5 Å². The van der Waals surface area contributed by atoms with Crippen LogP contribution in [0, 0.1) is 5.92 Å². The molecule has 1 aromatic heterocycles. The first kappa shape index (κ1) is 12.5. The lowest BCUT2D eigenvalue weighted by Crippen LogP contribution is -2.15. The molecule has 1 saturated carbocycles. The van der Waals surface area contributed by atoms with Gasteiger partial charge in [0, 0.05) is 11.9 Å². The lowest BCUT2D eigenvalue weighted by molar-refractivity contribution is 0.401. The Morgan fingerprint density at radius 3 is 2.74 bits per heavy atom. The molecule has 0 atom stereocenters. The molecule has 0 bridgehead atoms. The molecule has 1 fully saturated rings.